The smallest absolute Gasteiger partial charge is 0.314 e. The first-order valence-corrected chi connectivity index (χ1v) is 8.05. The van der Waals surface area contributed by atoms with Gasteiger partial charge in [0.1, 0.15) is 12.4 Å². The van der Waals surface area contributed by atoms with Crippen LogP contribution in [-0.2, 0) is 12.8 Å². The number of ether oxygens (including phenoxy) is 1. The fourth-order valence-corrected chi connectivity index (χ4v) is 2.18. The summed E-state index contributed by atoms with van der Waals surface area (Å²) >= 11 is 0. The SMILES string of the molecule is CCc1ccc(OCCNC(=O)NCCc2ccccc2)cc1. The number of hydrogen-bond donors (Lipinski definition) is 2. The fourth-order valence-electron chi connectivity index (χ4n) is 2.18. The van der Waals surface area contributed by atoms with Crippen LogP contribution in [0, 0.1) is 0 Å². The number of amides is 2. The van der Waals surface area contributed by atoms with Crippen LogP contribution in [-0.4, -0.2) is 25.7 Å². The maximum absolute atomic E-state index is 11.7. The first-order valence-electron chi connectivity index (χ1n) is 8.05. The van der Waals surface area contributed by atoms with E-state index in [-0.39, 0.29) is 6.03 Å². The molecule has 4 nitrogen and oxygen atoms in total. The van der Waals surface area contributed by atoms with Crippen LogP contribution in [0.2, 0.25) is 0 Å². The van der Waals surface area contributed by atoms with Crippen molar-refractivity contribution in [2.24, 2.45) is 0 Å². The maximum Gasteiger partial charge on any atom is 0.314 e. The highest BCUT2D eigenvalue weighted by Crippen LogP contribution is 2.11. The van der Waals surface area contributed by atoms with E-state index in [9.17, 15) is 4.79 Å². The van der Waals surface area contributed by atoms with Crippen molar-refractivity contribution < 1.29 is 9.53 Å². The highest BCUT2D eigenvalue weighted by molar-refractivity contribution is 5.73. The second-order valence-electron chi connectivity index (χ2n) is 5.26. The van der Waals surface area contributed by atoms with Gasteiger partial charge >= 0.3 is 6.03 Å². The zero-order valence-corrected chi connectivity index (χ0v) is 13.5. The van der Waals surface area contributed by atoms with Crippen LogP contribution in [0.1, 0.15) is 18.1 Å². The van der Waals surface area contributed by atoms with E-state index in [2.05, 4.69) is 41.8 Å². The van der Waals surface area contributed by atoms with Crippen molar-refractivity contribution in [3.05, 3.63) is 65.7 Å². The molecule has 0 spiro atoms. The number of hydrogen-bond acceptors (Lipinski definition) is 2. The van der Waals surface area contributed by atoms with Crippen molar-refractivity contribution in [3.8, 4) is 5.75 Å². The summed E-state index contributed by atoms with van der Waals surface area (Å²) in [5, 5.41) is 5.63. The van der Waals surface area contributed by atoms with Crippen molar-refractivity contribution in [3.63, 3.8) is 0 Å². The van der Waals surface area contributed by atoms with Crippen LogP contribution < -0.4 is 15.4 Å². The van der Waals surface area contributed by atoms with E-state index in [1.807, 2.05) is 30.3 Å². The van der Waals surface area contributed by atoms with Gasteiger partial charge in [-0.2, -0.15) is 0 Å². The second kappa shape index (κ2) is 9.51. The van der Waals surface area contributed by atoms with Crippen molar-refractivity contribution in [2.75, 3.05) is 19.7 Å². The van der Waals surface area contributed by atoms with Gasteiger partial charge in [-0.1, -0.05) is 49.4 Å². The Bertz CT molecular complexity index is 582. The van der Waals surface area contributed by atoms with Gasteiger partial charge in [-0.3, -0.25) is 0 Å². The van der Waals surface area contributed by atoms with Gasteiger partial charge in [0.15, 0.2) is 0 Å². The van der Waals surface area contributed by atoms with Crippen LogP contribution in [0.4, 0.5) is 4.79 Å². The molecule has 2 aromatic carbocycles. The van der Waals surface area contributed by atoms with Crippen molar-refractivity contribution in [2.45, 2.75) is 19.8 Å². The zero-order valence-electron chi connectivity index (χ0n) is 13.5. The molecule has 0 fully saturated rings. The molecule has 0 aromatic heterocycles. The molecule has 0 bridgehead atoms. The molecule has 0 unspecified atom stereocenters. The average molecular weight is 312 g/mol. The molecular formula is C19H24N2O2. The standard InChI is InChI=1S/C19H24N2O2/c1-2-16-8-10-18(11-9-16)23-15-14-21-19(22)20-13-12-17-6-4-3-5-7-17/h3-11H,2,12-15H2,1H3,(H2,20,21,22). The molecule has 0 atom stereocenters. The highest BCUT2D eigenvalue weighted by Gasteiger charge is 2.00. The van der Waals surface area contributed by atoms with Gasteiger partial charge < -0.3 is 15.4 Å². The van der Waals surface area contributed by atoms with Gasteiger partial charge in [-0.05, 0) is 36.1 Å². The largest absolute Gasteiger partial charge is 0.492 e. The number of rotatable bonds is 8. The van der Waals surface area contributed by atoms with Gasteiger partial charge in [-0.15, -0.1) is 0 Å². The van der Waals surface area contributed by atoms with Crippen LogP contribution in [0.3, 0.4) is 0 Å². The summed E-state index contributed by atoms with van der Waals surface area (Å²) in [7, 11) is 0. The Labute approximate surface area is 137 Å². The summed E-state index contributed by atoms with van der Waals surface area (Å²) in [6.45, 7) is 3.68. The molecule has 0 heterocycles. The van der Waals surface area contributed by atoms with E-state index in [4.69, 9.17) is 4.74 Å². The lowest BCUT2D eigenvalue weighted by Gasteiger charge is -2.09. The Morgan fingerprint density at radius 2 is 1.61 bits per heavy atom. The summed E-state index contributed by atoms with van der Waals surface area (Å²) in [6.07, 6.45) is 1.85. The molecule has 2 N–H and O–H groups in total. The molecule has 0 aliphatic heterocycles. The summed E-state index contributed by atoms with van der Waals surface area (Å²) in [5.74, 6) is 0.827. The van der Waals surface area contributed by atoms with Gasteiger partial charge in [0, 0.05) is 6.54 Å². The molecule has 0 radical (unpaired) electrons. The van der Waals surface area contributed by atoms with Crippen LogP contribution in [0.15, 0.2) is 54.6 Å². The van der Waals surface area contributed by atoms with Crippen molar-refractivity contribution in [1.82, 2.24) is 10.6 Å². The number of benzene rings is 2. The van der Waals surface area contributed by atoms with Crippen molar-refractivity contribution >= 4 is 6.03 Å². The number of carbonyl (C=O) groups is 1. The van der Waals surface area contributed by atoms with Gasteiger partial charge in [0.25, 0.3) is 0 Å². The molecule has 2 rings (SSSR count). The molecule has 0 aliphatic carbocycles. The third-order valence-corrected chi connectivity index (χ3v) is 3.53. The summed E-state index contributed by atoms with van der Waals surface area (Å²) in [5.41, 5.74) is 2.50. The third-order valence-electron chi connectivity index (χ3n) is 3.53. The third kappa shape index (κ3) is 6.43. The molecule has 2 amide bonds. The number of aryl methyl sites for hydroxylation is 1. The van der Waals surface area contributed by atoms with E-state index in [1.165, 1.54) is 11.1 Å². The van der Waals surface area contributed by atoms with Crippen LogP contribution >= 0.6 is 0 Å². The summed E-state index contributed by atoms with van der Waals surface area (Å²) in [6, 6.07) is 18.0. The van der Waals surface area contributed by atoms with Gasteiger partial charge in [0.2, 0.25) is 0 Å². The topological polar surface area (TPSA) is 50.4 Å². The Hall–Kier alpha value is -2.49. The lowest BCUT2D eigenvalue weighted by atomic mass is 10.1. The van der Waals surface area contributed by atoms with E-state index < -0.39 is 0 Å². The Balaban J connectivity index is 1.55. The molecule has 23 heavy (non-hydrogen) atoms. The lowest BCUT2D eigenvalue weighted by molar-refractivity contribution is 0.236. The normalized spacial score (nSPS) is 10.1. The summed E-state index contributed by atoms with van der Waals surface area (Å²) < 4.78 is 5.59. The molecule has 2 aromatic rings. The van der Waals surface area contributed by atoms with E-state index in [0.29, 0.717) is 19.7 Å². The number of urea groups is 1. The number of carbonyl (C=O) groups excluding carboxylic acids is 1. The maximum atomic E-state index is 11.7. The average Bonchev–Trinajstić information content (AvgIpc) is 2.60. The minimum atomic E-state index is -0.161. The van der Waals surface area contributed by atoms with Crippen molar-refractivity contribution in [1.29, 1.82) is 0 Å². The molecule has 0 saturated carbocycles. The van der Waals surface area contributed by atoms with Gasteiger partial charge in [0.05, 0.1) is 6.54 Å². The highest BCUT2D eigenvalue weighted by atomic mass is 16.5. The minimum Gasteiger partial charge on any atom is -0.492 e. The Morgan fingerprint density at radius 3 is 2.30 bits per heavy atom. The molecule has 0 aliphatic rings. The lowest BCUT2D eigenvalue weighted by Crippen LogP contribution is -2.38. The van der Waals surface area contributed by atoms with E-state index >= 15 is 0 Å². The fraction of sp³-hybridized carbons (Fsp3) is 0.316. The van der Waals surface area contributed by atoms with Crippen LogP contribution in [0.25, 0.3) is 0 Å². The van der Waals surface area contributed by atoms with Gasteiger partial charge in [-0.25, -0.2) is 4.79 Å². The monoisotopic (exact) mass is 312 g/mol. The molecule has 0 saturated heterocycles. The molecule has 4 heteroatoms. The minimum absolute atomic E-state index is 0.161. The molecule has 122 valence electrons. The number of nitrogens with one attached hydrogen (secondary N) is 2. The first-order chi connectivity index (χ1) is 11.3. The second-order valence-corrected chi connectivity index (χ2v) is 5.26. The van der Waals surface area contributed by atoms with Crippen LogP contribution in [0.5, 0.6) is 5.75 Å². The quantitative estimate of drug-likeness (QED) is 0.736. The van der Waals surface area contributed by atoms with E-state index in [0.717, 1.165) is 18.6 Å². The Morgan fingerprint density at radius 1 is 0.913 bits per heavy atom. The zero-order chi connectivity index (χ0) is 16.3. The molecular weight excluding hydrogens is 288 g/mol. The Kier molecular flexibility index (Phi) is 6.98. The predicted molar refractivity (Wildman–Crippen MR) is 92.9 cm³/mol. The first kappa shape index (κ1) is 16.9. The predicted octanol–water partition coefficient (Wildman–Crippen LogP) is 3.17. The summed E-state index contributed by atoms with van der Waals surface area (Å²) in [4.78, 5) is 11.7. The van der Waals surface area contributed by atoms with E-state index in [1.54, 1.807) is 0 Å².